The maximum Gasteiger partial charge on any atom is 0.157 e. The van der Waals surface area contributed by atoms with Crippen LogP contribution in [0.1, 0.15) is 16.7 Å². The van der Waals surface area contributed by atoms with Gasteiger partial charge < -0.3 is 20.0 Å². The first-order valence-corrected chi connectivity index (χ1v) is 8.97. The molecule has 0 unspecified atom stereocenters. The van der Waals surface area contributed by atoms with E-state index in [4.69, 9.17) is 4.42 Å². The quantitative estimate of drug-likeness (QED) is 0.708. The SMILES string of the molecule is Cc1cc(C)cc(CNc2cc(N3CCNCC3)c3occc3c2)c1.Cl. The molecule has 1 saturated heterocycles. The highest BCUT2D eigenvalue weighted by Gasteiger charge is 2.16. The van der Waals surface area contributed by atoms with Gasteiger partial charge in [0.25, 0.3) is 0 Å². The number of rotatable bonds is 4. The number of anilines is 2. The first-order valence-electron chi connectivity index (χ1n) is 8.97. The zero-order valence-electron chi connectivity index (χ0n) is 15.3. The lowest BCUT2D eigenvalue weighted by Crippen LogP contribution is -2.43. The Morgan fingerprint density at radius 2 is 1.77 bits per heavy atom. The number of benzene rings is 2. The third-order valence-corrected chi connectivity index (χ3v) is 4.77. The highest BCUT2D eigenvalue weighted by Crippen LogP contribution is 2.32. The van der Waals surface area contributed by atoms with Gasteiger partial charge in [-0.3, -0.25) is 0 Å². The largest absolute Gasteiger partial charge is 0.462 e. The molecule has 0 atom stereocenters. The van der Waals surface area contributed by atoms with Crippen LogP contribution in [0.15, 0.2) is 47.1 Å². The Bertz CT molecular complexity index is 864. The summed E-state index contributed by atoms with van der Waals surface area (Å²) >= 11 is 0. The lowest BCUT2D eigenvalue weighted by molar-refractivity contribution is 0.579. The highest BCUT2D eigenvalue weighted by atomic mass is 35.5. The van der Waals surface area contributed by atoms with Crippen molar-refractivity contribution in [3.05, 3.63) is 59.4 Å². The van der Waals surface area contributed by atoms with Crippen molar-refractivity contribution in [2.45, 2.75) is 20.4 Å². The van der Waals surface area contributed by atoms with Crippen molar-refractivity contribution < 1.29 is 4.42 Å². The average Bonchev–Trinajstić information content (AvgIpc) is 3.08. The molecule has 0 spiro atoms. The lowest BCUT2D eigenvalue weighted by Gasteiger charge is -2.29. The van der Waals surface area contributed by atoms with Crippen LogP contribution in [0.4, 0.5) is 11.4 Å². The smallest absolute Gasteiger partial charge is 0.157 e. The number of aryl methyl sites for hydroxylation is 2. The predicted octanol–water partition coefficient (Wildman–Crippen LogP) is 4.49. The summed E-state index contributed by atoms with van der Waals surface area (Å²) in [6, 6.07) is 13.1. The molecule has 2 aromatic carbocycles. The van der Waals surface area contributed by atoms with E-state index in [2.05, 4.69) is 59.7 Å². The molecule has 1 aliphatic rings. The summed E-state index contributed by atoms with van der Waals surface area (Å²) in [6.45, 7) is 9.18. The highest BCUT2D eigenvalue weighted by molar-refractivity contribution is 5.93. The molecule has 4 nitrogen and oxygen atoms in total. The van der Waals surface area contributed by atoms with Crippen molar-refractivity contribution in [2.75, 3.05) is 36.4 Å². The molecule has 0 bridgehead atoms. The Labute approximate surface area is 161 Å². The first-order chi connectivity index (χ1) is 12.2. The normalized spacial score (nSPS) is 14.3. The van der Waals surface area contributed by atoms with Crippen LogP contribution in [0.25, 0.3) is 11.0 Å². The van der Waals surface area contributed by atoms with Gasteiger partial charge in [-0.1, -0.05) is 29.3 Å². The van der Waals surface area contributed by atoms with E-state index < -0.39 is 0 Å². The fourth-order valence-electron chi connectivity index (χ4n) is 3.68. The van der Waals surface area contributed by atoms with Gasteiger partial charge in [-0.2, -0.15) is 0 Å². The van der Waals surface area contributed by atoms with E-state index in [1.54, 1.807) is 6.26 Å². The molecule has 0 aliphatic carbocycles. The Hall–Kier alpha value is -2.17. The molecule has 1 fully saturated rings. The average molecular weight is 372 g/mol. The minimum absolute atomic E-state index is 0. The maximum absolute atomic E-state index is 5.76. The van der Waals surface area contributed by atoms with E-state index in [0.717, 1.165) is 49.4 Å². The molecule has 0 radical (unpaired) electrons. The minimum atomic E-state index is 0. The van der Waals surface area contributed by atoms with Gasteiger partial charge in [0.2, 0.25) is 0 Å². The van der Waals surface area contributed by atoms with Gasteiger partial charge in [-0.05, 0) is 37.6 Å². The number of hydrogen-bond acceptors (Lipinski definition) is 4. The van der Waals surface area contributed by atoms with E-state index in [1.165, 1.54) is 22.4 Å². The maximum atomic E-state index is 5.76. The Balaban J connectivity index is 0.00000196. The zero-order chi connectivity index (χ0) is 17.2. The molecular formula is C21H26ClN3O. The van der Waals surface area contributed by atoms with Gasteiger partial charge in [0.1, 0.15) is 0 Å². The van der Waals surface area contributed by atoms with Gasteiger partial charge in [0, 0.05) is 43.8 Å². The topological polar surface area (TPSA) is 40.4 Å². The summed E-state index contributed by atoms with van der Waals surface area (Å²) in [5.74, 6) is 0. The van der Waals surface area contributed by atoms with Crippen LogP contribution < -0.4 is 15.5 Å². The van der Waals surface area contributed by atoms with Crippen LogP contribution in [0.3, 0.4) is 0 Å². The van der Waals surface area contributed by atoms with Gasteiger partial charge in [0.05, 0.1) is 12.0 Å². The third-order valence-electron chi connectivity index (χ3n) is 4.77. The monoisotopic (exact) mass is 371 g/mol. The molecule has 0 saturated carbocycles. The summed E-state index contributed by atoms with van der Waals surface area (Å²) in [7, 11) is 0. The Morgan fingerprint density at radius 1 is 1.04 bits per heavy atom. The second kappa shape index (κ2) is 8.02. The Morgan fingerprint density at radius 3 is 2.50 bits per heavy atom. The number of hydrogen-bond donors (Lipinski definition) is 2. The Kier molecular flexibility index (Phi) is 5.74. The zero-order valence-corrected chi connectivity index (χ0v) is 16.2. The van der Waals surface area contributed by atoms with Crippen molar-refractivity contribution in [3.8, 4) is 0 Å². The third kappa shape index (κ3) is 3.97. The molecule has 5 heteroatoms. The number of piperazine rings is 1. The van der Waals surface area contributed by atoms with E-state index >= 15 is 0 Å². The molecule has 1 aromatic heterocycles. The van der Waals surface area contributed by atoms with Crippen LogP contribution in [0.5, 0.6) is 0 Å². The number of furan rings is 1. The summed E-state index contributed by atoms with van der Waals surface area (Å²) in [6.07, 6.45) is 1.78. The lowest BCUT2D eigenvalue weighted by atomic mass is 10.1. The fourth-order valence-corrected chi connectivity index (χ4v) is 3.68. The first kappa shape index (κ1) is 18.6. The van der Waals surface area contributed by atoms with Gasteiger partial charge in [0.15, 0.2) is 5.58 Å². The standard InChI is InChI=1S/C21H25N3O.ClH/c1-15-9-16(2)11-17(10-15)14-23-19-12-18-3-8-25-21(18)20(13-19)24-6-4-22-5-7-24;/h3,8-13,22-23H,4-7,14H2,1-2H3;1H. The summed E-state index contributed by atoms with van der Waals surface area (Å²) < 4.78 is 5.76. The van der Waals surface area contributed by atoms with Crippen molar-refractivity contribution >= 4 is 34.8 Å². The summed E-state index contributed by atoms with van der Waals surface area (Å²) in [4.78, 5) is 2.41. The van der Waals surface area contributed by atoms with Crippen LogP contribution in [0, 0.1) is 13.8 Å². The van der Waals surface area contributed by atoms with E-state index in [0.29, 0.717) is 0 Å². The molecule has 2 N–H and O–H groups in total. The van der Waals surface area contributed by atoms with Crippen LogP contribution in [0.2, 0.25) is 0 Å². The molecular weight excluding hydrogens is 346 g/mol. The number of nitrogens with one attached hydrogen (secondary N) is 2. The van der Waals surface area contributed by atoms with Crippen molar-refractivity contribution in [2.24, 2.45) is 0 Å². The molecule has 3 aromatic rings. The number of nitrogens with zero attached hydrogens (tertiary/aromatic N) is 1. The summed E-state index contributed by atoms with van der Waals surface area (Å²) in [5.41, 5.74) is 7.24. The molecule has 1 aliphatic heterocycles. The molecule has 2 heterocycles. The molecule has 26 heavy (non-hydrogen) atoms. The summed E-state index contributed by atoms with van der Waals surface area (Å²) in [5, 5.41) is 8.15. The fraction of sp³-hybridized carbons (Fsp3) is 0.333. The van der Waals surface area contributed by atoms with E-state index in [-0.39, 0.29) is 12.4 Å². The van der Waals surface area contributed by atoms with Crippen LogP contribution >= 0.6 is 12.4 Å². The number of fused-ring (bicyclic) bond motifs is 1. The number of halogens is 1. The van der Waals surface area contributed by atoms with Crippen molar-refractivity contribution in [1.29, 1.82) is 0 Å². The minimum Gasteiger partial charge on any atom is -0.462 e. The van der Waals surface area contributed by atoms with Gasteiger partial charge in [-0.25, -0.2) is 0 Å². The molecule has 138 valence electrons. The van der Waals surface area contributed by atoms with E-state index in [9.17, 15) is 0 Å². The van der Waals surface area contributed by atoms with Crippen molar-refractivity contribution in [3.63, 3.8) is 0 Å². The second-order valence-electron chi connectivity index (χ2n) is 6.92. The van der Waals surface area contributed by atoms with Crippen molar-refractivity contribution in [1.82, 2.24) is 5.32 Å². The van der Waals surface area contributed by atoms with Gasteiger partial charge >= 0.3 is 0 Å². The molecule has 0 amide bonds. The van der Waals surface area contributed by atoms with Crippen LogP contribution in [-0.4, -0.2) is 26.2 Å². The van der Waals surface area contributed by atoms with Gasteiger partial charge in [-0.15, -0.1) is 12.4 Å². The molecule has 4 rings (SSSR count). The van der Waals surface area contributed by atoms with Crippen LogP contribution in [-0.2, 0) is 6.54 Å². The second-order valence-corrected chi connectivity index (χ2v) is 6.92. The van der Waals surface area contributed by atoms with E-state index in [1.807, 2.05) is 6.07 Å². The predicted molar refractivity (Wildman–Crippen MR) is 112 cm³/mol.